The second kappa shape index (κ2) is 13.0. The fraction of sp³-hybridized carbons (Fsp3) is 0.333. The Morgan fingerprint density at radius 2 is 1.74 bits per heavy atom. The van der Waals surface area contributed by atoms with Crippen molar-refractivity contribution in [1.29, 1.82) is 0 Å². The van der Waals surface area contributed by atoms with Gasteiger partial charge in [-0.2, -0.15) is 4.98 Å². The van der Waals surface area contributed by atoms with Gasteiger partial charge in [0, 0.05) is 24.3 Å². The van der Waals surface area contributed by atoms with Crippen molar-refractivity contribution < 1.29 is 14.2 Å². The average molecular weight is 597 g/mol. The summed E-state index contributed by atoms with van der Waals surface area (Å²) in [4.78, 5) is 9.55. The number of hydrogen-bond acceptors (Lipinski definition) is 9. The van der Waals surface area contributed by atoms with E-state index in [9.17, 15) is 0 Å². The van der Waals surface area contributed by atoms with Crippen LogP contribution in [-0.2, 0) is 13.1 Å². The van der Waals surface area contributed by atoms with E-state index in [2.05, 4.69) is 65.0 Å². The Bertz CT molecular complexity index is 1700. The lowest BCUT2D eigenvalue weighted by Crippen LogP contribution is -2.18. The Kier molecular flexibility index (Phi) is 8.76. The van der Waals surface area contributed by atoms with Crippen LogP contribution in [0, 0.1) is 6.92 Å². The molecule has 0 spiro atoms. The first kappa shape index (κ1) is 28.9. The van der Waals surface area contributed by atoms with E-state index in [1.54, 1.807) is 30.7 Å². The minimum Gasteiger partial charge on any atom is -0.493 e. The highest BCUT2D eigenvalue weighted by molar-refractivity contribution is 7.99. The summed E-state index contributed by atoms with van der Waals surface area (Å²) in [5, 5.41) is 13.2. The van der Waals surface area contributed by atoms with E-state index in [1.807, 2.05) is 31.2 Å². The summed E-state index contributed by atoms with van der Waals surface area (Å²) in [7, 11) is 3.28. The maximum absolute atomic E-state index is 6.52. The van der Waals surface area contributed by atoms with Crippen LogP contribution in [0.4, 0.5) is 0 Å². The number of fused-ring (bicyclic) bond motifs is 1. The zero-order valence-electron chi connectivity index (χ0n) is 24.9. The van der Waals surface area contributed by atoms with Crippen molar-refractivity contribution in [3.8, 4) is 23.1 Å². The molecule has 0 unspecified atom stereocenters. The Balaban J connectivity index is 1.30. The normalized spacial score (nSPS) is 15.9. The van der Waals surface area contributed by atoms with Gasteiger partial charge in [0.05, 0.1) is 20.8 Å². The number of nitrogens with zero attached hydrogens (tertiary/aromatic N) is 5. The SMILES string of the molecule is CCCSc1nc(Oc2c(OC)cc(CN[C@@H]3C[C@H]3c3ccccc3)c(C)c2OC)c2nnn(Cc3ccccc3)c2n1. The molecule has 1 N–H and O–H groups in total. The molecule has 0 amide bonds. The Labute approximate surface area is 256 Å². The highest BCUT2D eigenvalue weighted by atomic mass is 32.2. The second-order valence-corrected chi connectivity index (χ2v) is 11.7. The number of aromatic nitrogens is 5. The van der Waals surface area contributed by atoms with Crippen molar-refractivity contribution in [3.05, 3.63) is 89.0 Å². The van der Waals surface area contributed by atoms with Crippen LogP contribution in [0.2, 0.25) is 0 Å². The Hall–Kier alpha value is -4.15. The average Bonchev–Trinajstić information content (AvgIpc) is 3.72. The van der Waals surface area contributed by atoms with Crippen molar-refractivity contribution in [2.45, 2.75) is 56.9 Å². The molecule has 1 aliphatic rings. The molecule has 5 aromatic rings. The molecule has 222 valence electrons. The van der Waals surface area contributed by atoms with Crippen LogP contribution in [0.1, 0.15) is 47.9 Å². The highest BCUT2D eigenvalue weighted by Crippen LogP contribution is 2.46. The van der Waals surface area contributed by atoms with Crippen molar-refractivity contribution in [2.75, 3.05) is 20.0 Å². The van der Waals surface area contributed by atoms with Gasteiger partial charge >= 0.3 is 0 Å². The van der Waals surface area contributed by atoms with E-state index in [0.29, 0.717) is 64.5 Å². The molecule has 9 nitrogen and oxygen atoms in total. The van der Waals surface area contributed by atoms with Crippen molar-refractivity contribution in [1.82, 2.24) is 30.3 Å². The lowest BCUT2D eigenvalue weighted by Gasteiger charge is -2.19. The van der Waals surface area contributed by atoms with E-state index < -0.39 is 0 Å². The highest BCUT2D eigenvalue weighted by Gasteiger charge is 2.37. The van der Waals surface area contributed by atoms with Gasteiger partial charge in [0.2, 0.25) is 5.75 Å². The van der Waals surface area contributed by atoms with Gasteiger partial charge in [-0.3, -0.25) is 0 Å². The monoisotopic (exact) mass is 596 g/mol. The quantitative estimate of drug-likeness (QED) is 0.120. The molecule has 2 atom stereocenters. The summed E-state index contributed by atoms with van der Waals surface area (Å²) in [5.74, 6) is 3.34. The third-order valence-electron chi connectivity index (χ3n) is 7.67. The molecular weight excluding hydrogens is 560 g/mol. The maximum atomic E-state index is 6.52. The third kappa shape index (κ3) is 6.30. The summed E-state index contributed by atoms with van der Waals surface area (Å²) in [5.41, 5.74) is 5.62. The van der Waals surface area contributed by atoms with Crippen LogP contribution in [-0.4, -0.2) is 51.0 Å². The largest absolute Gasteiger partial charge is 0.493 e. The summed E-state index contributed by atoms with van der Waals surface area (Å²) in [6, 6.07) is 23.2. The zero-order chi connectivity index (χ0) is 29.8. The molecule has 2 aromatic heterocycles. The predicted octanol–water partition coefficient (Wildman–Crippen LogP) is 6.54. The van der Waals surface area contributed by atoms with E-state index in [-0.39, 0.29) is 0 Å². The number of benzene rings is 3. The minimum absolute atomic E-state index is 0.313. The van der Waals surface area contributed by atoms with E-state index in [4.69, 9.17) is 24.2 Å². The van der Waals surface area contributed by atoms with Gasteiger partial charge in [-0.25, -0.2) is 9.67 Å². The summed E-state index contributed by atoms with van der Waals surface area (Å²) in [6.07, 6.45) is 2.12. The first-order chi connectivity index (χ1) is 21.1. The van der Waals surface area contributed by atoms with Gasteiger partial charge in [-0.1, -0.05) is 84.6 Å². The standard InChI is InChI=1S/C33H36N6O3S/c1-5-16-43-33-35-31-28(37-38-39(31)20-22-12-8-6-9-13-22)32(36-33)42-30-27(40-3)17-24(21(2)29(30)41-4)19-34-26-18-25(26)23-14-10-7-11-15-23/h6-15,17,25-26,34H,5,16,18-20H2,1-4H3/t25-,26+/m0/s1. The molecule has 3 aromatic carbocycles. The zero-order valence-corrected chi connectivity index (χ0v) is 25.7. The lowest BCUT2D eigenvalue weighted by molar-refractivity contribution is 0.339. The smallest absolute Gasteiger partial charge is 0.254 e. The lowest BCUT2D eigenvalue weighted by atomic mass is 10.1. The third-order valence-corrected chi connectivity index (χ3v) is 8.73. The van der Waals surface area contributed by atoms with Gasteiger partial charge < -0.3 is 19.5 Å². The number of rotatable bonds is 13. The molecule has 1 saturated carbocycles. The fourth-order valence-corrected chi connectivity index (χ4v) is 5.95. The second-order valence-electron chi connectivity index (χ2n) is 10.6. The summed E-state index contributed by atoms with van der Waals surface area (Å²) < 4.78 is 20.1. The molecule has 10 heteroatoms. The van der Waals surface area contributed by atoms with Crippen LogP contribution in [0.15, 0.2) is 71.9 Å². The minimum atomic E-state index is 0.313. The van der Waals surface area contributed by atoms with Crippen molar-refractivity contribution in [3.63, 3.8) is 0 Å². The molecule has 2 heterocycles. The van der Waals surface area contributed by atoms with Gasteiger partial charge in [0.25, 0.3) is 5.88 Å². The maximum Gasteiger partial charge on any atom is 0.254 e. The molecule has 1 fully saturated rings. The van der Waals surface area contributed by atoms with Crippen LogP contribution in [0.5, 0.6) is 23.1 Å². The number of thioether (sulfide) groups is 1. The van der Waals surface area contributed by atoms with Crippen LogP contribution >= 0.6 is 11.8 Å². The Morgan fingerprint density at radius 3 is 2.47 bits per heavy atom. The van der Waals surface area contributed by atoms with Gasteiger partial charge in [-0.15, -0.1) is 5.10 Å². The van der Waals surface area contributed by atoms with Crippen LogP contribution < -0.4 is 19.5 Å². The number of nitrogens with one attached hydrogen (secondary N) is 1. The molecule has 0 radical (unpaired) electrons. The van der Waals surface area contributed by atoms with Crippen LogP contribution in [0.3, 0.4) is 0 Å². The van der Waals surface area contributed by atoms with E-state index >= 15 is 0 Å². The molecule has 0 bridgehead atoms. The molecule has 1 aliphatic carbocycles. The number of methoxy groups -OCH3 is 2. The van der Waals surface area contributed by atoms with Gasteiger partial charge in [0.15, 0.2) is 27.8 Å². The molecule has 43 heavy (non-hydrogen) atoms. The predicted molar refractivity (Wildman–Crippen MR) is 168 cm³/mol. The van der Waals surface area contributed by atoms with E-state index in [1.165, 1.54) is 5.56 Å². The molecular formula is C33H36N6O3S. The van der Waals surface area contributed by atoms with Crippen molar-refractivity contribution >= 4 is 22.9 Å². The molecule has 0 saturated heterocycles. The fourth-order valence-electron chi connectivity index (χ4n) is 5.27. The van der Waals surface area contributed by atoms with Crippen LogP contribution in [0.25, 0.3) is 11.2 Å². The summed E-state index contributed by atoms with van der Waals surface area (Å²) in [6.45, 7) is 5.39. The molecule has 6 rings (SSSR count). The Morgan fingerprint density at radius 1 is 0.977 bits per heavy atom. The first-order valence-electron chi connectivity index (χ1n) is 14.6. The molecule has 0 aliphatic heterocycles. The van der Waals surface area contributed by atoms with Gasteiger partial charge in [-0.05, 0) is 48.1 Å². The topological polar surface area (TPSA) is 96.2 Å². The first-order valence-corrected chi connectivity index (χ1v) is 15.6. The van der Waals surface area contributed by atoms with Gasteiger partial charge in [0.1, 0.15) is 0 Å². The summed E-state index contributed by atoms with van der Waals surface area (Å²) >= 11 is 1.58. The van der Waals surface area contributed by atoms with Crippen molar-refractivity contribution in [2.24, 2.45) is 0 Å². The number of ether oxygens (including phenoxy) is 3. The number of hydrogen-bond donors (Lipinski definition) is 1. The van der Waals surface area contributed by atoms with E-state index in [0.717, 1.165) is 35.3 Å².